The normalized spacial score (nSPS) is 10.2. The van der Waals surface area contributed by atoms with Gasteiger partial charge in [0.25, 0.3) is 0 Å². The van der Waals surface area contributed by atoms with E-state index in [1.54, 1.807) is 19.2 Å². The van der Waals surface area contributed by atoms with Gasteiger partial charge in [-0.05, 0) is 33.1 Å². The predicted octanol–water partition coefficient (Wildman–Crippen LogP) is 3.66. The van der Waals surface area contributed by atoms with Crippen molar-refractivity contribution < 1.29 is 19.4 Å². The van der Waals surface area contributed by atoms with Crippen molar-refractivity contribution in [3.05, 3.63) is 58.1 Å². The molecule has 0 aliphatic rings. The number of halogens is 1. The second-order valence-electron chi connectivity index (χ2n) is 4.41. The smallest absolute Gasteiger partial charge is 0.307 e. The molecule has 2 aromatic rings. The largest absolute Gasteiger partial charge is 0.493 e. The fourth-order valence-electron chi connectivity index (χ4n) is 1.90. The number of hydrogen-bond acceptors (Lipinski definition) is 3. The molecule has 0 saturated carbocycles. The number of carboxylic acids is 1. The Bertz CT molecular complexity index is 626. The van der Waals surface area contributed by atoms with Gasteiger partial charge in [0, 0.05) is 0 Å². The Balaban J connectivity index is 2.25. The van der Waals surface area contributed by atoms with E-state index in [-0.39, 0.29) is 6.42 Å². The van der Waals surface area contributed by atoms with Gasteiger partial charge in [-0.1, -0.05) is 36.4 Å². The Morgan fingerprint density at radius 1 is 1.19 bits per heavy atom. The second kappa shape index (κ2) is 7.13. The zero-order chi connectivity index (χ0) is 15.2. The molecule has 0 heterocycles. The highest BCUT2D eigenvalue weighted by Crippen LogP contribution is 2.38. The van der Waals surface area contributed by atoms with Crippen molar-refractivity contribution in [3.8, 4) is 11.5 Å². The van der Waals surface area contributed by atoms with E-state index in [2.05, 4.69) is 15.9 Å². The molecular formula is C16H15BrO4. The van der Waals surface area contributed by atoms with Crippen molar-refractivity contribution in [2.24, 2.45) is 0 Å². The first-order valence-corrected chi connectivity index (χ1v) is 7.15. The summed E-state index contributed by atoms with van der Waals surface area (Å²) < 4.78 is 11.7. The van der Waals surface area contributed by atoms with Gasteiger partial charge in [0.1, 0.15) is 6.61 Å². The van der Waals surface area contributed by atoms with E-state index in [4.69, 9.17) is 14.6 Å². The third kappa shape index (κ3) is 3.98. The minimum absolute atomic E-state index is 0.0771. The van der Waals surface area contributed by atoms with Gasteiger partial charge in [0.05, 0.1) is 18.0 Å². The highest BCUT2D eigenvalue weighted by molar-refractivity contribution is 9.10. The Morgan fingerprint density at radius 2 is 1.90 bits per heavy atom. The lowest BCUT2D eigenvalue weighted by Gasteiger charge is -2.14. The van der Waals surface area contributed by atoms with E-state index in [1.165, 1.54) is 0 Å². The van der Waals surface area contributed by atoms with Crippen molar-refractivity contribution >= 4 is 21.9 Å². The minimum Gasteiger partial charge on any atom is -0.493 e. The summed E-state index contributed by atoms with van der Waals surface area (Å²) in [6, 6.07) is 13.2. The van der Waals surface area contributed by atoms with E-state index in [0.29, 0.717) is 28.1 Å². The first-order valence-electron chi connectivity index (χ1n) is 6.35. The molecule has 0 spiro atoms. The zero-order valence-corrected chi connectivity index (χ0v) is 13.1. The highest BCUT2D eigenvalue weighted by atomic mass is 79.9. The van der Waals surface area contributed by atoms with Gasteiger partial charge in [-0.15, -0.1) is 0 Å². The fraction of sp³-hybridized carbons (Fsp3) is 0.188. The molecule has 0 atom stereocenters. The summed E-state index contributed by atoms with van der Waals surface area (Å²) in [6.45, 7) is 0.381. The van der Waals surface area contributed by atoms with Gasteiger partial charge in [-0.2, -0.15) is 0 Å². The molecule has 0 aliphatic heterocycles. The van der Waals surface area contributed by atoms with Crippen LogP contribution in [0.15, 0.2) is 46.9 Å². The topological polar surface area (TPSA) is 55.8 Å². The molecule has 0 saturated heterocycles. The van der Waals surface area contributed by atoms with Crippen LogP contribution in [0.3, 0.4) is 0 Å². The van der Waals surface area contributed by atoms with Crippen LogP contribution in [0.2, 0.25) is 0 Å². The van der Waals surface area contributed by atoms with Gasteiger partial charge in [0.15, 0.2) is 11.5 Å². The lowest BCUT2D eigenvalue weighted by molar-refractivity contribution is -0.136. The Morgan fingerprint density at radius 3 is 2.52 bits per heavy atom. The van der Waals surface area contributed by atoms with E-state index in [9.17, 15) is 4.79 Å². The van der Waals surface area contributed by atoms with Crippen molar-refractivity contribution in [2.75, 3.05) is 7.11 Å². The molecule has 0 aliphatic carbocycles. The van der Waals surface area contributed by atoms with Gasteiger partial charge in [-0.25, -0.2) is 0 Å². The number of methoxy groups -OCH3 is 1. The molecule has 1 N–H and O–H groups in total. The predicted molar refractivity (Wildman–Crippen MR) is 82.8 cm³/mol. The summed E-state index contributed by atoms with van der Waals surface area (Å²) in [4.78, 5) is 10.9. The number of benzene rings is 2. The number of carboxylic acid groups (broad SMARTS) is 1. The number of ether oxygens (including phenoxy) is 2. The molecule has 21 heavy (non-hydrogen) atoms. The van der Waals surface area contributed by atoms with E-state index < -0.39 is 5.97 Å². The quantitative estimate of drug-likeness (QED) is 0.863. The number of rotatable bonds is 6. The van der Waals surface area contributed by atoms with Crippen molar-refractivity contribution in [1.29, 1.82) is 0 Å². The van der Waals surface area contributed by atoms with Gasteiger partial charge in [0.2, 0.25) is 0 Å². The molecule has 0 fully saturated rings. The monoisotopic (exact) mass is 350 g/mol. The summed E-state index contributed by atoms with van der Waals surface area (Å²) in [7, 11) is 1.55. The van der Waals surface area contributed by atoms with Crippen LogP contribution in [0.5, 0.6) is 11.5 Å². The van der Waals surface area contributed by atoms with Crippen LogP contribution >= 0.6 is 15.9 Å². The molecule has 110 valence electrons. The lowest BCUT2D eigenvalue weighted by atomic mass is 10.1. The molecule has 0 radical (unpaired) electrons. The third-order valence-corrected chi connectivity index (χ3v) is 3.80. The number of hydrogen-bond donors (Lipinski definition) is 1. The van der Waals surface area contributed by atoms with Crippen LogP contribution in [-0.4, -0.2) is 18.2 Å². The third-order valence-electron chi connectivity index (χ3n) is 2.93. The summed E-state index contributed by atoms with van der Waals surface area (Å²) in [5, 5.41) is 8.92. The molecule has 0 bridgehead atoms. The average Bonchev–Trinajstić information content (AvgIpc) is 2.48. The summed E-state index contributed by atoms with van der Waals surface area (Å²) in [5.74, 6) is 0.182. The molecule has 0 unspecified atom stereocenters. The van der Waals surface area contributed by atoms with E-state index in [0.717, 1.165) is 5.56 Å². The minimum atomic E-state index is -0.894. The average molecular weight is 351 g/mol. The van der Waals surface area contributed by atoms with Gasteiger partial charge in [-0.3, -0.25) is 4.79 Å². The van der Waals surface area contributed by atoms with Gasteiger partial charge < -0.3 is 14.6 Å². The van der Waals surface area contributed by atoms with Crippen LogP contribution in [0, 0.1) is 0 Å². The molecule has 2 aromatic carbocycles. The maximum Gasteiger partial charge on any atom is 0.307 e. The highest BCUT2D eigenvalue weighted by Gasteiger charge is 2.15. The maximum absolute atomic E-state index is 10.9. The van der Waals surface area contributed by atoms with E-state index in [1.807, 2.05) is 30.3 Å². The summed E-state index contributed by atoms with van der Waals surface area (Å²) in [6.07, 6.45) is -0.0771. The van der Waals surface area contributed by atoms with Crippen molar-refractivity contribution in [1.82, 2.24) is 0 Å². The van der Waals surface area contributed by atoms with Crippen molar-refractivity contribution in [2.45, 2.75) is 13.0 Å². The Labute approximate surface area is 131 Å². The molecule has 2 rings (SSSR count). The Hall–Kier alpha value is -2.01. The zero-order valence-electron chi connectivity index (χ0n) is 11.5. The lowest BCUT2D eigenvalue weighted by Crippen LogP contribution is -2.04. The number of carbonyl (C=O) groups is 1. The molecule has 0 amide bonds. The van der Waals surface area contributed by atoms with Crippen LogP contribution < -0.4 is 9.47 Å². The van der Waals surface area contributed by atoms with Crippen LogP contribution in [0.1, 0.15) is 11.1 Å². The molecule has 5 heteroatoms. The molecule has 0 aromatic heterocycles. The van der Waals surface area contributed by atoms with Crippen LogP contribution in [0.4, 0.5) is 0 Å². The van der Waals surface area contributed by atoms with Crippen LogP contribution in [0.25, 0.3) is 0 Å². The fourth-order valence-corrected chi connectivity index (χ4v) is 2.49. The van der Waals surface area contributed by atoms with E-state index >= 15 is 0 Å². The SMILES string of the molecule is COc1ccc(CC(=O)O)c(Br)c1OCc1ccccc1. The van der Waals surface area contributed by atoms with Gasteiger partial charge >= 0.3 is 5.97 Å². The summed E-state index contributed by atoms with van der Waals surface area (Å²) >= 11 is 3.41. The standard InChI is InChI=1S/C16H15BrO4/c1-20-13-8-7-12(9-14(18)19)15(17)16(13)21-10-11-5-3-2-4-6-11/h2-8H,9-10H2,1H3,(H,18,19). The molecular weight excluding hydrogens is 336 g/mol. The number of aliphatic carboxylic acids is 1. The first-order chi connectivity index (χ1) is 10.1. The Kier molecular flexibility index (Phi) is 5.22. The molecule has 4 nitrogen and oxygen atoms in total. The second-order valence-corrected chi connectivity index (χ2v) is 5.21. The maximum atomic E-state index is 10.9. The van der Waals surface area contributed by atoms with Crippen LogP contribution in [-0.2, 0) is 17.8 Å². The first kappa shape index (κ1) is 15.4. The van der Waals surface area contributed by atoms with Crippen molar-refractivity contribution in [3.63, 3.8) is 0 Å². The summed E-state index contributed by atoms with van der Waals surface area (Å²) in [5.41, 5.74) is 1.67.